The maximum absolute atomic E-state index is 12.6. The number of nitrogens with zero attached hydrogens (tertiary/aromatic N) is 2. The van der Waals surface area contributed by atoms with Gasteiger partial charge in [0.1, 0.15) is 16.1 Å². The molecule has 1 aliphatic heterocycles. The summed E-state index contributed by atoms with van der Waals surface area (Å²) in [6, 6.07) is 9.16. The highest BCUT2D eigenvalue weighted by molar-refractivity contribution is 7.91. The molecule has 0 amide bonds. The lowest BCUT2D eigenvalue weighted by Gasteiger charge is -2.30. The van der Waals surface area contributed by atoms with Crippen LogP contribution in [0.5, 0.6) is 10.9 Å². The second kappa shape index (κ2) is 7.15. The highest BCUT2D eigenvalue weighted by Gasteiger charge is 2.31. The van der Waals surface area contributed by atoms with Crippen LogP contribution >= 0.6 is 22.7 Å². The van der Waals surface area contributed by atoms with E-state index < -0.39 is 10.0 Å². The second-order valence-corrected chi connectivity index (χ2v) is 10.1. The van der Waals surface area contributed by atoms with Gasteiger partial charge < -0.3 is 9.47 Å². The van der Waals surface area contributed by atoms with Crippen molar-refractivity contribution in [1.82, 2.24) is 9.29 Å². The first-order chi connectivity index (χ1) is 12.6. The molecule has 0 radical (unpaired) electrons. The highest BCUT2D eigenvalue weighted by atomic mass is 32.2. The fourth-order valence-corrected chi connectivity index (χ4v) is 6.41. The van der Waals surface area contributed by atoms with E-state index in [1.165, 1.54) is 22.7 Å². The van der Waals surface area contributed by atoms with Crippen molar-refractivity contribution in [2.45, 2.75) is 23.2 Å². The molecular weight excluding hydrogens is 392 g/mol. The predicted octanol–water partition coefficient (Wildman–Crippen LogP) is 3.60. The van der Waals surface area contributed by atoms with Crippen molar-refractivity contribution in [2.24, 2.45) is 0 Å². The van der Waals surface area contributed by atoms with Crippen molar-refractivity contribution in [3.63, 3.8) is 0 Å². The van der Waals surface area contributed by atoms with Gasteiger partial charge in [0, 0.05) is 19.2 Å². The first-order valence-corrected chi connectivity index (χ1v) is 11.3. The quantitative estimate of drug-likeness (QED) is 0.643. The van der Waals surface area contributed by atoms with Gasteiger partial charge in [0.15, 0.2) is 0 Å². The molecule has 3 heterocycles. The Balaban J connectivity index is 1.41. The van der Waals surface area contributed by atoms with Crippen molar-refractivity contribution < 1.29 is 17.9 Å². The number of thiazole rings is 1. The fraction of sp³-hybridized carbons (Fsp3) is 0.353. The summed E-state index contributed by atoms with van der Waals surface area (Å²) >= 11 is 2.75. The second-order valence-electron chi connectivity index (χ2n) is 5.97. The number of hydrogen-bond donors (Lipinski definition) is 0. The molecule has 1 fully saturated rings. The Morgan fingerprint density at radius 1 is 1.23 bits per heavy atom. The molecule has 138 valence electrons. The molecule has 0 atom stereocenters. The average Bonchev–Trinajstić information content (AvgIpc) is 3.31. The van der Waals surface area contributed by atoms with Crippen LogP contribution in [0.3, 0.4) is 0 Å². The van der Waals surface area contributed by atoms with E-state index in [2.05, 4.69) is 4.98 Å². The molecule has 0 unspecified atom stereocenters. The lowest BCUT2D eigenvalue weighted by molar-refractivity contribution is 0.135. The smallest absolute Gasteiger partial charge is 0.274 e. The van der Waals surface area contributed by atoms with Crippen molar-refractivity contribution in [3.05, 3.63) is 35.7 Å². The maximum atomic E-state index is 12.6. The zero-order chi connectivity index (χ0) is 18.1. The van der Waals surface area contributed by atoms with Gasteiger partial charge in [0.25, 0.3) is 15.2 Å². The van der Waals surface area contributed by atoms with E-state index in [-0.39, 0.29) is 6.10 Å². The Morgan fingerprint density at radius 3 is 2.73 bits per heavy atom. The van der Waals surface area contributed by atoms with Crippen LogP contribution in [0.15, 0.2) is 39.9 Å². The van der Waals surface area contributed by atoms with Gasteiger partial charge in [0.05, 0.1) is 17.3 Å². The van der Waals surface area contributed by atoms with E-state index in [1.54, 1.807) is 28.9 Å². The normalized spacial score (nSPS) is 16.8. The molecule has 0 N–H and O–H groups in total. The summed E-state index contributed by atoms with van der Waals surface area (Å²) in [5, 5.41) is 2.40. The molecule has 1 saturated heterocycles. The lowest BCUT2D eigenvalue weighted by Crippen LogP contribution is -2.41. The van der Waals surface area contributed by atoms with Crippen molar-refractivity contribution >= 4 is 42.9 Å². The predicted molar refractivity (Wildman–Crippen MR) is 103 cm³/mol. The molecule has 0 spiro atoms. The fourth-order valence-electron chi connectivity index (χ4n) is 2.93. The van der Waals surface area contributed by atoms with E-state index in [0.717, 1.165) is 16.0 Å². The van der Waals surface area contributed by atoms with Gasteiger partial charge in [-0.1, -0.05) is 17.4 Å². The van der Waals surface area contributed by atoms with E-state index in [4.69, 9.17) is 9.47 Å². The van der Waals surface area contributed by atoms with Gasteiger partial charge >= 0.3 is 0 Å². The summed E-state index contributed by atoms with van der Waals surface area (Å²) in [6.07, 6.45) is 1.29. The molecular formula is C17H18N2O4S3. The first-order valence-electron chi connectivity index (χ1n) is 8.21. The average molecular weight is 411 g/mol. The molecule has 4 rings (SSSR count). The Kier molecular flexibility index (Phi) is 4.87. The van der Waals surface area contributed by atoms with E-state index in [0.29, 0.717) is 35.3 Å². The highest BCUT2D eigenvalue weighted by Crippen LogP contribution is 2.32. The standard InChI is InChI=1S/C17H18N2O4S3/c1-22-13-4-5-15-14(11-13)18-17(25-15)23-12-6-8-19(9-7-12)26(20,21)16-3-2-10-24-16/h2-5,10-12H,6-9H2,1H3. The van der Waals surface area contributed by atoms with Gasteiger partial charge in [-0.2, -0.15) is 4.31 Å². The van der Waals surface area contributed by atoms with Crippen molar-refractivity contribution in [1.29, 1.82) is 0 Å². The van der Waals surface area contributed by atoms with Gasteiger partial charge in [-0.3, -0.25) is 0 Å². The molecule has 1 aromatic carbocycles. The number of methoxy groups -OCH3 is 1. The summed E-state index contributed by atoms with van der Waals surface area (Å²) in [4.78, 5) is 4.51. The van der Waals surface area contributed by atoms with Crippen molar-refractivity contribution in [3.8, 4) is 10.9 Å². The van der Waals surface area contributed by atoms with Gasteiger partial charge in [0.2, 0.25) is 0 Å². The molecule has 0 saturated carbocycles. The number of piperidine rings is 1. The van der Waals surface area contributed by atoms with Crippen LogP contribution in [0, 0.1) is 0 Å². The number of ether oxygens (including phenoxy) is 2. The van der Waals surface area contributed by atoms with E-state index in [1.807, 2.05) is 18.2 Å². The first kappa shape index (κ1) is 17.7. The molecule has 26 heavy (non-hydrogen) atoms. The Hall–Kier alpha value is -1.68. The Bertz CT molecular complexity index is 990. The van der Waals surface area contributed by atoms with Crippen LogP contribution in [-0.4, -0.2) is 44.0 Å². The van der Waals surface area contributed by atoms with Crippen LogP contribution < -0.4 is 9.47 Å². The van der Waals surface area contributed by atoms with Crippen LogP contribution in [0.25, 0.3) is 10.2 Å². The van der Waals surface area contributed by atoms with Crippen LogP contribution in [0.2, 0.25) is 0 Å². The SMILES string of the molecule is COc1ccc2sc(OC3CCN(S(=O)(=O)c4cccs4)CC3)nc2c1. The number of benzene rings is 1. The van der Waals surface area contributed by atoms with Crippen LogP contribution in [0.4, 0.5) is 0 Å². The number of hydrogen-bond acceptors (Lipinski definition) is 7. The zero-order valence-corrected chi connectivity index (χ0v) is 16.6. The summed E-state index contributed by atoms with van der Waals surface area (Å²) < 4.78 is 39.3. The third-order valence-electron chi connectivity index (χ3n) is 4.33. The number of rotatable bonds is 5. The van der Waals surface area contributed by atoms with Gasteiger partial charge in [-0.05, 0) is 36.4 Å². The molecule has 2 aromatic heterocycles. The van der Waals surface area contributed by atoms with Crippen LogP contribution in [-0.2, 0) is 10.0 Å². The Morgan fingerprint density at radius 2 is 2.04 bits per heavy atom. The third-order valence-corrected chi connectivity index (χ3v) is 8.53. The topological polar surface area (TPSA) is 68.7 Å². The van der Waals surface area contributed by atoms with Gasteiger partial charge in [-0.15, -0.1) is 11.3 Å². The lowest BCUT2D eigenvalue weighted by atomic mass is 10.1. The number of thiophene rings is 1. The summed E-state index contributed by atoms with van der Waals surface area (Å²) in [7, 11) is -1.75. The number of fused-ring (bicyclic) bond motifs is 1. The molecule has 3 aromatic rings. The number of sulfonamides is 1. The largest absolute Gasteiger partial charge is 0.497 e. The summed E-state index contributed by atoms with van der Waals surface area (Å²) in [5.41, 5.74) is 0.849. The minimum Gasteiger partial charge on any atom is -0.497 e. The van der Waals surface area contributed by atoms with Gasteiger partial charge in [-0.25, -0.2) is 13.4 Å². The van der Waals surface area contributed by atoms with E-state index in [9.17, 15) is 8.42 Å². The van der Waals surface area contributed by atoms with E-state index >= 15 is 0 Å². The summed E-state index contributed by atoms with van der Waals surface area (Å²) in [6.45, 7) is 0.924. The molecule has 0 bridgehead atoms. The molecule has 9 heteroatoms. The minimum atomic E-state index is -3.37. The van der Waals surface area contributed by atoms with Crippen LogP contribution in [0.1, 0.15) is 12.8 Å². The molecule has 6 nitrogen and oxygen atoms in total. The zero-order valence-electron chi connectivity index (χ0n) is 14.1. The minimum absolute atomic E-state index is 0.0211. The Labute approximate surface area is 160 Å². The molecule has 0 aliphatic carbocycles. The third kappa shape index (κ3) is 3.44. The molecule has 1 aliphatic rings. The van der Waals surface area contributed by atoms with Crippen molar-refractivity contribution in [2.75, 3.05) is 20.2 Å². The maximum Gasteiger partial charge on any atom is 0.274 e. The number of aromatic nitrogens is 1. The monoisotopic (exact) mass is 410 g/mol. The summed E-state index contributed by atoms with van der Waals surface area (Å²) in [5.74, 6) is 0.765.